The SMILES string of the molecule is COCC1CC(n2cc(-c3cccc(CNSC)c3)c3c(N)ncnc32)C1. The van der Waals surface area contributed by atoms with Gasteiger partial charge in [-0.05, 0) is 42.2 Å². The molecule has 3 N–H and O–H groups in total. The number of benzene rings is 1. The molecule has 7 heteroatoms. The molecule has 0 aliphatic heterocycles. The van der Waals surface area contributed by atoms with E-state index in [1.54, 1.807) is 25.4 Å². The summed E-state index contributed by atoms with van der Waals surface area (Å²) in [4.78, 5) is 8.80. The van der Waals surface area contributed by atoms with E-state index in [1.165, 1.54) is 5.56 Å². The summed E-state index contributed by atoms with van der Waals surface area (Å²) in [6.45, 7) is 1.64. The highest BCUT2D eigenvalue weighted by Crippen LogP contribution is 2.42. The maximum Gasteiger partial charge on any atom is 0.146 e. The van der Waals surface area contributed by atoms with Crippen LogP contribution in [0.1, 0.15) is 24.4 Å². The van der Waals surface area contributed by atoms with Crippen molar-refractivity contribution < 1.29 is 4.74 Å². The zero-order valence-corrected chi connectivity index (χ0v) is 16.5. The zero-order chi connectivity index (χ0) is 18.8. The van der Waals surface area contributed by atoms with Crippen LogP contribution in [0.25, 0.3) is 22.2 Å². The molecule has 2 heterocycles. The smallest absolute Gasteiger partial charge is 0.146 e. The summed E-state index contributed by atoms with van der Waals surface area (Å²) in [7, 11) is 1.77. The molecule has 1 aromatic carbocycles. The van der Waals surface area contributed by atoms with Crippen molar-refractivity contribution in [3.8, 4) is 11.1 Å². The predicted octanol–water partition coefficient (Wildman–Crippen LogP) is 3.65. The summed E-state index contributed by atoms with van der Waals surface area (Å²) in [6, 6.07) is 9.00. The number of aromatic nitrogens is 3. The van der Waals surface area contributed by atoms with Crippen LogP contribution in [0.15, 0.2) is 36.8 Å². The van der Waals surface area contributed by atoms with Gasteiger partial charge in [0.15, 0.2) is 0 Å². The van der Waals surface area contributed by atoms with E-state index in [9.17, 15) is 0 Å². The Morgan fingerprint density at radius 2 is 2.19 bits per heavy atom. The van der Waals surface area contributed by atoms with E-state index in [-0.39, 0.29) is 0 Å². The topological polar surface area (TPSA) is 78.0 Å². The highest BCUT2D eigenvalue weighted by Gasteiger charge is 2.32. The lowest BCUT2D eigenvalue weighted by Gasteiger charge is -2.36. The zero-order valence-electron chi connectivity index (χ0n) is 15.7. The molecule has 4 rings (SSSR count). The van der Waals surface area contributed by atoms with E-state index >= 15 is 0 Å². The lowest BCUT2D eigenvalue weighted by molar-refractivity contribution is 0.0791. The van der Waals surface area contributed by atoms with Gasteiger partial charge in [0.1, 0.15) is 17.8 Å². The number of rotatable bonds is 7. The second-order valence-electron chi connectivity index (χ2n) is 7.08. The molecule has 1 aliphatic rings. The monoisotopic (exact) mass is 383 g/mol. The van der Waals surface area contributed by atoms with Gasteiger partial charge in [0, 0.05) is 38.1 Å². The highest BCUT2D eigenvalue weighted by atomic mass is 32.2. The van der Waals surface area contributed by atoms with E-state index in [2.05, 4.69) is 49.7 Å². The van der Waals surface area contributed by atoms with Crippen molar-refractivity contribution in [2.45, 2.75) is 25.4 Å². The molecule has 3 aromatic rings. The fraction of sp³-hybridized carbons (Fsp3) is 0.400. The minimum Gasteiger partial charge on any atom is -0.384 e. The lowest BCUT2D eigenvalue weighted by Crippen LogP contribution is -2.29. The summed E-state index contributed by atoms with van der Waals surface area (Å²) in [5.74, 6) is 1.16. The largest absolute Gasteiger partial charge is 0.384 e. The third kappa shape index (κ3) is 3.54. The standard InChI is InChI=1S/C20H25N5OS/c1-26-11-14-7-16(8-14)25-10-17(18-19(21)22-12-23-20(18)25)15-5-3-4-13(6-15)9-24-27-2/h3-6,10,12,14,16,24H,7-9,11H2,1-2H3,(H2,21,22,23). The third-order valence-corrected chi connectivity index (χ3v) is 5.74. The molecule has 1 aliphatic carbocycles. The van der Waals surface area contributed by atoms with Crippen molar-refractivity contribution in [3.05, 3.63) is 42.4 Å². The Morgan fingerprint density at radius 3 is 2.96 bits per heavy atom. The maximum absolute atomic E-state index is 6.26. The number of nitrogens with zero attached hydrogens (tertiary/aromatic N) is 3. The van der Waals surface area contributed by atoms with Gasteiger partial charge < -0.3 is 15.0 Å². The first-order chi connectivity index (χ1) is 13.2. The molecule has 0 amide bonds. The number of nitrogens with two attached hydrogens (primary N) is 1. The molecule has 6 nitrogen and oxygen atoms in total. The van der Waals surface area contributed by atoms with Crippen LogP contribution in [0.2, 0.25) is 0 Å². The number of methoxy groups -OCH3 is 1. The number of nitrogen functional groups attached to an aromatic ring is 1. The number of ether oxygens (including phenoxy) is 1. The van der Waals surface area contributed by atoms with Crippen LogP contribution in [-0.2, 0) is 11.3 Å². The van der Waals surface area contributed by atoms with E-state index in [4.69, 9.17) is 10.5 Å². The molecule has 27 heavy (non-hydrogen) atoms. The maximum atomic E-state index is 6.26. The van der Waals surface area contributed by atoms with Gasteiger partial charge in [-0.25, -0.2) is 9.97 Å². The second-order valence-corrected chi connectivity index (χ2v) is 7.78. The van der Waals surface area contributed by atoms with E-state index < -0.39 is 0 Å². The first-order valence-electron chi connectivity index (χ1n) is 9.16. The van der Waals surface area contributed by atoms with Gasteiger partial charge in [0.05, 0.1) is 5.39 Å². The summed E-state index contributed by atoms with van der Waals surface area (Å²) in [5.41, 5.74) is 10.7. The van der Waals surface area contributed by atoms with Gasteiger partial charge in [-0.3, -0.25) is 4.72 Å². The Balaban J connectivity index is 1.73. The summed E-state index contributed by atoms with van der Waals surface area (Å²) in [6.07, 6.45) is 8.01. The fourth-order valence-electron chi connectivity index (χ4n) is 3.91. The quantitative estimate of drug-likeness (QED) is 0.607. The van der Waals surface area contributed by atoms with Crippen molar-refractivity contribution in [2.75, 3.05) is 25.7 Å². The summed E-state index contributed by atoms with van der Waals surface area (Å²) >= 11 is 1.62. The Bertz CT molecular complexity index is 935. The lowest BCUT2D eigenvalue weighted by atomic mass is 9.80. The van der Waals surface area contributed by atoms with Gasteiger partial charge in [-0.15, -0.1) is 0 Å². The molecule has 0 unspecified atom stereocenters. The number of fused-ring (bicyclic) bond motifs is 1. The molecule has 0 radical (unpaired) electrons. The number of anilines is 1. The van der Waals surface area contributed by atoms with Crippen LogP contribution >= 0.6 is 11.9 Å². The first kappa shape index (κ1) is 18.3. The number of hydrogen-bond acceptors (Lipinski definition) is 6. The Hall–Kier alpha value is -2.09. The van der Waals surface area contributed by atoms with Gasteiger partial charge in [-0.1, -0.05) is 30.1 Å². The minimum atomic E-state index is 0.442. The molecular formula is C20H25N5OS. The van der Waals surface area contributed by atoms with E-state index in [0.29, 0.717) is 17.8 Å². The van der Waals surface area contributed by atoms with Crippen molar-refractivity contribution in [1.29, 1.82) is 0 Å². The molecule has 0 spiro atoms. The van der Waals surface area contributed by atoms with Crippen molar-refractivity contribution in [3.63, 3.8) is 0 Å². The van der Waals surface area contributed by atoms with Crippen molar-refractivity contribution >= 4 is 28.8 Å². The van der Waals surface area contributed by atoms with E-state index in [0.717, 1.165) is 48.2 Å². The van der Waals surface area contributed by atoms with Gasteiger partial charge in [0.25, 0.3) is 0 Å². The molecule has 142 valence electrons. The molecule has 0 bridgehead atoms. The van der Waals surface area contributed by atoms with Gasteiger partial charge in [0.2, 0.25) is 0 Å². The van der Waals surface area contributed by atoms with Crippen LogP contribution in [0.4, 0.5) is 5.82 Å². The molecule has 0 atom stereocenters. The molecule has 1 saturated carbocycles. The first-order valence-corrected chi connectivity index (χ1v) is 10.4. The molecular weight excluding hydrogens is 358 g/mol. The van der Waals surface area contributed by atoms with Crippen LogP contribution in [-0.4, -0.2) is 34.5 Å². The second kappa shape index (κ2) is 7.88. The summed E-state index contributed by atoms with van der Waals surface area (Å²) in [5, 5.41) is 0.947. The number of hydrogen-bond donors (Lipinski definition) is 2. The Kier molecular flexibility index (Phi) is 5.33. The average Bonchev–Trinajstić information content (AvgIpc) is 3.03. The van der Waals surface area contributed by atoms with Crippen LogP contribution < -0.4 is 10.5 Å². The molecule has 0 saturated heterocycles. The normalized spacial score (nSPS) is 19.3. The average molecular weight is 384 g/mol. The van der Waals surface area contributed by atoms with Crippen molar-refractivity contribution in [1.82, 2.24) is 19.3 Å². The van der Waals surface area contributed by atoms with Crippen LogP contribution in [0, 0.1) is 5.92 Å². The summed E-state index contributed by atoms with van der Waals surface area (Å²) < 4.78 is 10.9. The van der Waals surface area contributed by atoms with Crippen LogP contribution in [0.5, 0.6) is 0 Å². The van der Waals surface area contributed by atoms with Gasteiger partial charge in [-0.2, -0.15) is 0 Å². The number of nitrogens with one attached hydrogen (secondary N) is 1. The van der Waals surface area contributed by atoms with Crippen molar-refractivity contribution in [2.24, 2.45) is 5.92 Å². The fourth-order valence-corrected chi connectivity index (χ4v) is 4.22. The van der Waals surface area contributed by atoms with Crippen LogP contribution in [0.3, 0.4) is 0 Å². The minimum absolute atomic E-state index is 0.442. The third-order valence-electron chi connectivity index (χ3n) is 5.30. The Labute approximate surface area is 163 Å². The van der Waals surface area contributed by atoms with Gasteiger partial charge >= 0.3 is 0 Å². The van der Waals surface area contributed by atoms with E-state index in [1.807, 2.05) is 6.26 Å². The predicted molar refractivity (Wildman–Crippen MR) is 111 cm³/mol. The Morgan fingerprint density at radius 1 is 1.33 bits per heavy atom. The molecule has 2 aromatic heterocycles. The molecule has 1 fully saturated rings. The highest BCUT2D eigenvalue weighted by molar-refractivity contribution is 7.96.